The molecule has 31 heavy (non-hydrogen) atoms. The van der Waals surface area contributed by atoms with Crippen LogP contribution in [0.3, 0.4) is 0 Å². The van der Waals surface area contributed by atoms with Crippen molar-refractivity contribution < 1.29 is 9.47 Å². The van der Waals surface area contributed by atoms with Crippen LogP contribution in [-0.4, -0.2) is 13.2 Å². The zero-order valence-corrected chi connectivity index (χ0v) is 18.4. The second-order valence-electron chi connectivity index (χ2n) is 9.09. The van der Waals surface area contributed by atoms with Crippen molar-refractivity contribution in [3.63, 3.8) is 0 Å². The summed E-state index contributed by atoms with van der Waals surface area (Å²) in [6.45, 7) is 2.91. The Hall–Kier alpha value is -2.42. The standard InChI is InChI=1S/C29H34O2/c1-4-10-25(11-5-1)16-17-26-18-19-29(20-26,23-30-21-27-12-6-2-7-13-27)24-31-22-28-14-8-3-9-15-28/h1-15,26H,16-24H2/t26-/m0/s1. The average molecular weight is 415 g/mol. The quantitative estimate of drug-likeness (QED) is 0.342. The fraction of sp³-hybridized carbons (Fsp3) is 0.379. The van der Waals surface area contributed by atoms with E-state index in [2.05, 4.69) is 91.0 Å². The molecule has 4 rings (SSSR count). The molecule has 0 aromatic heterocycles. The SMILES string of the molecule is c1ccc(CC[C@H]2CCC(COCc3ccccc3)(COCc3ccccc3)C2)cc1. The van der Waals surface area contributed by atoms with Gasteiger partial charge in [0.15, 0.2) is 0 Å². The third-order valence-electron chi connectivity index (χ3n) is 6.53. The van der Waals surface area contributed by atoms with Gasteiger partial charge in [-0.05, 0) is 54.7 Å². The van der Waals surface area contributed by atoms with E-state index < -0.39 is 0 Å². The van der Waals surface area contributed by atoms with Gasteiger partial charge in [0.2, 0.25) is 0 Å². The second-order valence-corrected chi connectivity index (χ2v) is 9.09. The highest BCUT2D eigenvalue weighted by Gasteiger charge is 2.39. The largest absolute Gasteiger partial charge is 0.376 e. The second kappa shape index (κ2) is 11.3. The Morgan fingerprint density at radius 1 is 0.645 bits per heavy atom. The Balaban J connectivity index is 1.32. The van der Waals surface area contributed by atoms with Crippen molar-refractivity contribution in [3.8, 4) is 0 Å². The molecule has 162 valence electrons. The molecule has 1 atom stereocenters. The van der Waals surface area contributed by atoms with Gasteiger partial charge in [-0.3, -0.25) is 0 Å². The summed E-state index contributed by atoms with van der Waals surface area (Å²) in [5.74, 6) is 0.751. The molecule has 1 saturated carbocycles. The highest BCUT2D eigenvalue weighted by Crippen LogP contribution is 2.44. The first-order valence-electron chi connectivity index (χ1n) is 11.6. The van der Waals surface area contributed by atoms with Crippen LogP contribution in [0.5, 0.6) is 0 Å². The lowest BCUT2D eigenvalue weighted by molar-refractivity contribution is -0.0318. The molecule has 0 N–H and O–H groups in total. The molecule has 3 aromatic carbocycles. The van der Waals surface area contributed by atoms with Crippen molar-refractivity contribution in [1.82, 2.24) is 0 Å². The fourth-order valence-corrected chi connectivity index (χ4v) is 4.81. The highest BCUT2D eigenvalue weighted by atomic mass is 16.5. The summed E-state index contributed by atoms with van der Waals surface area (Å²) in [7, 11) is 0. The summed E-state index contributed by atoms with van der Waals surface area (Å²) in [6.07, 6.45) is 6.08. The monoisotopic (exact) mass is 414 g/mol. The molecule has 0 aliphatic heterocycles. The lowest BCUT2D eigenvalue weighted by Gasteiger charge is -2.29. The van der Waals surface area contributed by atoms with Crippen LogP contribution in [0.25, 0.3) is 0 Å². The van der Waals surface area contributed by atoms with Gasteiger partial charge in [-0.15, -0.1) is 0 Å². The van der Waals surface area contributed by atoms with Crippen LogP contribution in [0.2, 0.25) is 0 Å². The molecule has 0 radical (unpaired) electrons. The van der Waals surface area contributed by atoms with Crippen molar-refractivity contribution >= 4 is 0 Å². The minimum atomic E-state index is 0.130. The number of benzene rings is 3. The van der Waals surface area contributed by atoms with E-state index in [0.717, 1.165) is 25.6 Å². The third-order valence-corrected chi connectivity index (χ3v) is 6.53. The van der Waals surface area contributed by atoms with Crippen molar-refractivity contribution in [3.05, 3.63) is 108 Å². The van der Waals surface area contributed by atoms with E-state index >= 15 is 0 Å². The van der Waals surface area contributed by atoms with Gasteiger partial charge < -0.3 is 9.47 Å². The first-order valence-corrected chi connectivity index (χ1v) is 11.6. The molecule has 0 saturated heterocycles. The van der Waals surface area contributed by atoms with Gasteiger partial charge in [0.25, 0.3) is 0 Å². The summed E-state index contributed by atoms with van der Waals surface area (Å²) >= 11 is 0. The maximum atomic E-state index is 6.24. The molecule has 2 heteroatoms. The third kappa shape index (κ3) is 6.78. The smallest absolute Gasteiger partial charge is 0.0717 e. The minimum absolute atomic E-state index is 0.130. The topological polar surface area (TPSA) is 18.5 Å². The molecule has 1 aliphatic carbocycles. The van der Waals surface area contributed by atoms with Gasteiger partial charge >= 0.3 is 0 Å². The Kier molecular flexibility index (Phi) is 7.93. The van der Waals surface area contributed by atoms with Crippen molar-refractivity contribution in [1.29, 1.82) is 0 Å². The van der Waals surface area contributed by atoms with Crippen LogP contribution < -0.4 is 0 Å². The van der Waals surface area contributed by atoms with E-state index in [1.165, 1.54) is 42.4 Å². The van der Waals surface area contributed by atoms with E-state index in [4.69, 9.17) is 9.47 Å². The zero-order chi connectivity index (χ0) is 21.2. The minimum Gasteiger partial charge on any atom is -0.376 e. The molecule has 0 heterocycles. The molecular weight excluding hydrogens is 380 g/mol. The van der Waals surface area contributed by atoms with Gasteiger partial charge in [0, 0.05) is 5.41 Å². The number of hydrogen-bond donors (Lipinski definition) is 0. The maximum absolute atomic E-state index is 6.24. The highest BCUT2D eigenvalue weighted by molar-refractivity contribution is 5.15. The first kappa shape index (κ1) is 21.8. The Bertz CT molecular complexity index is 831. The van der Waals surface area contributed by atoms with E-state index in [9.17, 15) is 0 Å². The molecule has 0 amide bonds. The molecule has 1 aliphatic rings. The van der Waals surface area contributed by atoms with E-state index in [0.29, 0.717) is 13.2 Å². The van der Waals surface area contributed by atoms with Gasteiger partial charge in [-0.1, -0.05) is 91.0 Å². The van der Waals surface area contributed by atoms with Crippen LogP contribution in [-0.2, 0) is 29.1 Å². The normalized spacial score (nSPS) is 17.6. The van der Waals surface area contributed by atoms with E-state index in [1.807, 2.05) is 0 Å². The summed E-state index contributed by atoms with van der Waals surface area (Å²) < 4.78 is 12.5. The van der Waals surface area contributed by atoms with Gasteiger partial charge in [-0.25, -0.2) is 0 Å². The molecule has 0 unspecified atom stereocenters. The Labute approximate surface area is 187 Å². The number of ether oxygens (including phenoxy) is 2. The van der Waals surface area contributed by atoms with Crippen LogP contribution in [0.15, 0.2) is 91.0 Å². The van der Waals surface area contributed by atoms with E-state index in [-0.39, 0.29) is 5.41 Å². The van der Waals surface area contributed by atoms with Crippen molar-refractivity contribution in [2.45, 2.75) is 45.3 Å². The summed E-state index contributed by atoms with van der Waals surface area (Å²) in [6, 6.07) is 31.8. The summed E-state index contributed by atoms with van der Waals surface area (Å²) in [5, 5.41) is 0. The molecule has 0 spiro atoms. The fourth-order valence-electron chi connectivity index (χ4n) is 4.81. The van der Waals surface area contributed by atoms with E-state index in [1.54, 1.807) is 0 Å². The molecular formula is C29H34O2. The van der Waals surface area contributed by atoms with Crippen LogP contribution in [0.1, 0.15) is 42.4 Å². The zero-order valence-electron chi connectivity index (χ0n) is 18.4. The van der Waals surface area contributed by atoms with Crippen molar-refractivity contribution in [2.24, 2.45) is 11.3 Å². The van der Waals surface area contributed by atoms with Gasteiger partial charge in [0.1, 0.15) is 0 Å². The number of aryl methyl sites for hydroxylation is 1. The Morgan fingerprint density at radius 3 is 1.65 bits per heavy atom. The number of rotatable bonds is 11. The maximum Gasteiger partial charge on any atom is 0.0717 e. The predicted octanol–water partition coefficient (Wildman–Crippen LogP) is 6.84. The molecule has 0 bridgehead atoms. The molecule has 3 aromatic rings. The number of hydrogen-bond acceptors (Lipinski definition) is 2. The van der Waals surface area contributed by atoms with Crippen LogP contribution in [0, 0.1) is 11.3 Å². The van der Waals surface area contributed by atoms with Crippen LogP contribution in [0.4, 0.5) is 0 Å². The summed E-state index contributed by atoms with van der Waals surface area (Å²) in [4.78, 5) is 0. The van der Waals surface area contributed by atoms with Crippen LogP contribution >= 0.6 is 0 Å². The lowest BCUT2D eigenvalue weighted by atomic mass is 9.86. The first-order chi connectivity index (χ1) is 15.3. The predicted molar refractivity (Wildman–Crippen MR) is 127 cm³/mol. The molecule has 1 fully saturated rings. The van der Waals surface area contributed by atoms with Crippen molar-refractivity contribution in [2.75, 3.05) is 13.2 Å². The average Bonchev–Trinajstić information content (AvgIpc) is 3.23. The Morgan fingerprint density at radius 2 is 1.13 bits per heavy atom. The molecule has 2 nitrogen and oxygen atoms in total. The van der Waals surface area contributed by atoms with Gasteiger partial charge in [0.05, 0.1) is 26.4 Å². The lowest BCUT2D eigenvalue weighted by Crippen LogP contribution is -2.30. The summed E-state index contributed by atoms with van der Waals surface area (Å²) in [5.41, 5.74) is 4.05. The van der Waals surface area contributed by atoms with Gasteiger partial charge in [-0.2, -0.15) is 0 Å².